The molecule has 0 fully saturated rings. The molecule has 0 aliphatic heterocycles. The Balaban J connectivity index is 5.67. The van der Waals surface area contributed by atoms with Crippen molar-refractivity contribution in [1.29, 1.82) is 0 Å². The molecule has 1 atom stereocenters. The summed E-state index contributed by atoms with van der Waals surface area (Å²) in [6.45, 7) is 12.8. The highest BCUT2D eigenvalue weighted by Crippen LogP contribution is 2.34. The average Bonchev–Trinajstić information content (AvgIpc) is 2.28. The van der Waals surface area contributed by atoms with Gasteiger partial charge >= 0.3 is 0 Å². The standard InChI is InChI=1S/C14H32N2OSi/c1-9-18(10-2,11-3)14(6,17)13(16(7)8)15-12(4)5/h12,17H,9-11H2,1-8H3. The SMILES string of the molecule is CC[Si](CC)(CC)C(C)(O)C(=NC(C)C)N(C)C. The summed E-state index contributed by atoms with van der Waals surface area (Å²) >= 11 is 0. The first-order valence-electron chi connectivity index (χ1n) is 7.16. The van der Waals surface area contributed by atoms with Gasteiger partial charge in [0.2, 0.25) is 0 Å². The largest absolute Gasteiger partial charge is 0.386 e. The maximum absolute atomic E-state index is 11.2. The molecule has 0 spiro atoms. The molecule has 0 radical (unpaired) electrons. The van der Waals surface area contributed by atoms with Crippen molar-refractivity contribution in [2.24, 2.45) is 4.99 Å². The lowest BCUT2D eigenvalue weighted by Gasteiger charge is -2.45. The third-order valence-corrected chi connectivity index (χ3v) is 10.7. The first-order chi connectivity index (χ1) is 8.18. The number of likely N-dealkylation sites (N-methyl/N-ethyl adjacent to an activating group) is 1. The number of hydrogen-bond acceptors (Lipinski definition) is 2. The van der Waals surface area contributed by atoms with E-state index in [1.165, 1.54) is 0 Å². The van der Waals surface area contributed by atoms with Crippen LogP contribution in [0.3, 0.4) is 0 Å². The van der Waals surface area contributed by atoms with Gasteiger partial charge in [-0.15, -0.1) is 0 Å². The summed E-state index contributed by atoms with van der Waals surface area (Å²) in [5.74, 6) is 0.856. The van der Waals surface area contributed by atoms with Gasteiger partial charge in [-0.25, -0.2) is 0 Å². The Hall–Kier alpha value is -0.353. The molecule has 0 aromatic rings. The lowest BCUT2D eigenvalue weighted by Crippen LogP contribution is -2.63. The van der Waals surface area contributed by atoms with Gasteiger partial charge in [-0.2, -0.15) is 0 Å². The van der Waals surface area contributed by atoms with Gasteiger partial charge in [-0.1, -0.05) is 38.9 Å². The van der Waals surface area contributed by atoms with E-state index in [4.69, 9.17) is 0 Å². The monoisotopic (exact) mass is 272 g/mol. The van der Waals surface area contributed by atoms with E-state index in [9.17, 15) is 5.11 Å². The van der Waals surface area contributed by atoms with E-state index in [2.05, 4.69) is 39.6 Å². The maximum atomic E-state index is 11.2. The van der Waals surface area contributed by atoms with Crippen molar-refractivity contribution < 1.29 is 5.11 Å². The molecule has 0 aliphatic carbocycles. The summed E-state index contributed by atoms with van der Waals surface area (Å²) in [6.07, 6.45) is 0. The van der Waals surface area contributed by atoms with Crippen molar-refractivity contribution in [3.8, 4) is 0 Å². The van der Waals surface area contributed by atoms with E-state index >= 15 is 0 Å². The highest BCUT2D eigenvalue weighted by atomic mass is 28.3. The minimum absolute atomic E-state index is 0.214. The molecule has 4 heteroatoms. The van der Waals surface area contributed by atoms with Crippen LogP contribution in [0.1, 0.15) is 41.5 Å². The Morgan fingerprint density at radius 3 is 1.78 bits per heavy atom. The molecule has 0 heterocycles. The van der Waals surface area contributed by atoms with Crippen LogP contribution in [-0.4, -0.2) is 49.3 Å². The Morgan fingerprint density at radius 1 is 1.17 bits per heavy atom. The van der Waals surface area contributed by atoms with Crippen LogP contribution >= 0.6 is 0 Å². The highest BCUT2D eigenvalue weighted by Gasteiger charge is 2.49. The first kappa shape index (κ1) is 17.6. The minimum atomic E-state index is -1.75. The predicted molar refractivity (Wildman–Crippen MR) is 84.1 cm³/mol. The normalized spacial score (nSPS) is 16.9. The van der Waals surface area contributed by atoms with Gasteiger partial charge in [-0.05, 0) is 20.8 Å². The molecule has 1 unspecified atom stereocenters. The summed E-state index contributed by atoms with van der Waals surface area (Å²) < 4.78 is 0. The van der Waals surface area contributed by atoms with Gasteiger partial charge in [0.05, 0.1) is 8.07 Å². The molecule has 0 saturated carbocycles. The smallest absolute Gasteiger partial charge is 0.127 e. The lowest BCUT2D eigenvalue weighted by molar-refractivity contribution is 0.188. The van der Waals surface area contributed by atoms with Crippen LogP contribution in [-0.2, 0) is 0 Å². The van der Waals surface area contributed by atoms with Gasteiger partial charge in [0.1, 0.15) is 11.1 Å². The first-order valence-corrected chi connectivity index (χ1v) is 9.78. The van der Waals surface area contributed by atoms with Crippen molar-refractivity contribution in [3.05, 3.63) is 0 Å². The fourth-order valence-electron chi connectivity index (χ4n) is 2.94. The molecule has 0 rings (SSSR count). The van der Waals surface area contributed by atoms with Gasteiger partial charge in [0.25, 0.3) is 0 Å². The summed E-state index contributed by atoms with van der Waals surface area (Å²) in [6, 6.07) is 3.50. The van der Waals surface area contributed by atoms with E-state index in [1.807, 2.05) is 25.9 Å². The zero-order valence-electron chi connectivity index (χ0n) is 13.5. The van der Waals surface area contributed by atoms with E-state index in [0.717, 1.165) is 24.0 Å². The second kappa shape index (κ2) is 6.71. The third-order valence-electron chi connectivity index (χ3n) is 4.30. The number of hydrogen-bond donors (Lipinski definition) is 1. The van der Waals surface area contributed by atoms with E-state index in [0.29, 0.717) is 0 Å². The number of aliphatic hydroxyl groups is 1. The van der Waals surface area contributed by atoms with Crippen LogP contribution < -0.4 is 0 Å². The van der Waals surface area contributed by atoms with Gasteiger partial charge in [-0.3, -0.25) is 4.99 Å². The van der Waals surface area contributed by atoms with Gasteiger partial charge in [0, 0.05) is 20.1 Å². The number of aliphatic imine (C=N–C) groups is 1. The number of rotatable bonds is 6. The summed E-state index contributed by atoms with van der Waals surface area (Å²) in [5, 5.41) is 10.4. The lowest BCUT2D eigenvalue weighted by atomic mass is 10.3. The topological polar surface area (TPSA) is 35.8 Å². The second-order valence-corrected chi connectivity index (χ2v) is 11.5. The molecule has 18 heavy (non-hydrogen) atoms. The predicted octanol–water partition coefficient (Wildman–Crippen LogP) is 3.15. The molecule has 1 N–H and O–H groups in total. The number of nitrogens with zero attached hydrogens (tertiary/aromatic N) is 2. The molecule has 0 bridgehead atoms. The van der Waals surface area contributed by atoms with Crippen molar-refractivity contribution >= 4 is 13.9 Å². The Kier molecular flexibility index (Phi) is 6.58. The zero-order valence-corrected chi connectivity index (χ0v) is 14.5. The van der Waals surface area contributed by atoms with Crippen LogP contribution in [0, 0.1) is 0 Å². The van der Waals surface area contributed by atoms with Gasteiger partial charge in [0.15, 0.2) is 0 Å². The van der Waals surface area contributed by atoms with E-state index in [1.54, 1.807) is 0 Å². The van der Waals surface area contributed by atoms with Crippen molar-refractivity contribution in [1.82, 2.24) is 4.90 Å². The Morgan fingerprint density at radius 2 is 1.56 bits per heavy atom. The van der Waals surface area contributed by atoms with Crippen LogP contribution in [0.5, 0.6) is 0 Å². The molecule has 0 aromatic heterocycles. The number of amidine groups is 1. The third kappa shape index (κ3) is 3.35. The summed E-state index contributed by atoms with van der Waals surface area (Å²) in [7, 11) is 2.21. The highest BCUT2D eigenvalue weighted by molar-refractivity contribution is 6.85. The van der Waals surface area contributed by atoms with Crippen molar-refractivity contribution in [2.75, 3.05) is 14.1 Å². The van der Waals surface area contributed by atoms with E-state index < -0.39 is 13.3 Å². The van der Waals surface area contributed by atoms with Crippen LogP contribution in [0.15, 0.2) is 4.99 Å². The molecule has 0 aromatic carbocycles. The zero-order chi connectivity index (χ0) is 14.6. The van der Waals surface area contributed by atoms with Crippen molar-refractivity contribution in [3.63, 3.8) is 0 Å². The minimum Gasteiger partial charge on any atom is -0.386 e. The average molecular weight is 273 g/mol. The fraction of sp³-hybridized carbons (Fsp3) is 0.929. The quantitative estimate of drug-likeness (QED) is 0.458. The molecule has 0 saturated heterocycles. The summed E-state index contributed by atoms with van der Waals surface area (Å²) in [4.78, 5) is 6.67. The second-order valence-electron chi connectivity index (χ2n) is 5.85. The molecule has 0 amide bonds. The van der Waals surface area contributed by atoms with Crippen LogP contribution in [0.4, 0.5) is 0 Å². The maximum Gasteiger partial charge on any atom is 0.127 e. The Bertz CT molecular complexity index is 273. The fourth-order valence-corrected chi connectivity index (χ4v) is 7.27. The molecule has 3 nitrogen and oxygen atoms in total. The van der Waals surface area contributed by atoms with Gasteiger partial charge < -0.3 is 10.0 Å². The molecular formula is C14H32N2OSi. The van der Waals surface area contributed by atoms with E-state index in [-0.39, 0.29) is 6.04 Å². The van der Waals surface area contributed by atoms with Crippen LogP contribution in [0.25, 0.3) is 0 Å². The summed E-state index contributed by atoms with van der Waals surface area (Å²) in [5.41, 5.74) is 0. The van der Waals surface area contributed by atoms with Crippen molar-refractivity contribution in [2.45, 2.75) is 70.9 Å². The Labute approximate surface area is 114 Å². The molecule has 108 valence electrons. The van der Waals surface area contributed by atoms with Crippen LogP contribution in [0.2, 0.25) is 18.1 Å². The molecule has 0 aliphatic rings. The molecular weight excluding hydrogens is 240 g/mol.